The molecule has 1 heterocycles. The number of aliphatic hydroxyl groups is 2. The summed E-state index contributed by atoms with van der Waals surface area (Å²) in [7, 11) is 1.65. The average Bonchev–Trinajstić information content (AvgIpc) is 2.88. The normalized spacial score (nSPS) is 30.6. The number of aliphatic hydroxyl groups excluding tert-OH is 2. The van der Waals surface area contributed by atoms with Gasteiger partial charge >= 0.3 is 0 Å². The lowest BCUT2D eigenvalue weighted by Crippen LogP contribution is -2.40. The fourth-order valence-corrected chi connectivity index (χ4v) is 3.08. The Morgan fingerprint density at radius 3 is 2.52 bits per heavy atom. The van der Waals surface area contributed by atoms with Crippen molar-refractivity contribution >= 4 is 0 Å². The molecule has 1 rings (SSSR count). The predicted molar refractivity (Wildman–Crippen MR) is 102 cm³/mol. The molecule has 0 aromatic carbocycles. The quantitative estimate of drug-likeness (QED) is 0.628. The lowest BCUT2D eigenvalue weighted by atomic mass is 9.89. The van der Waals surface area contributed by atoms with Gasteiger partial charge in [-0.2, -0.15) is 0 Å². The largest absolute Gasteiger partial charge is 0.388 e. The first-order valence-corrected chi connectivity index (χ1v) is 8.81. The Morgan fingerprint density at radius 1 is 1.20 bits per heavy atom. The van der Waals surface area contributed by atoms with Gasteiger partial charge in [0.25, 0.3) is 0 Å². The van der Waals surface area contributed by atoms with E-state index in [-0.39, 0.29) is 12.0 Å². The van der Waals surface area contributed by atoms with Crippen molar-refractivity contribution in [3.63, 3.8) is 0 Å². The third-order valence-electron chi connectivity index (χ3n) is 4.43. The maximum Gasteiger partial charge on any atom is 0.112 e. The molecule has 25 heavy (non-hydrogen) atoms. The Kier molecular flexibility index (Phi) is 9.68. The predicted octanol–water partition coefficient (Wildman–Crippen LogP) is 3.34. The van der Waals surface area contributed by atoms with E-state index in [9.17, 15) is 10.2 Å². The Balaban J connectivity index is 2.85. The van der Waals surface area contributed by atoms with Gasteiger partial charge in [-0.15, -0.1) is 0 Å². The van der Waals surface area contributed by atoms with Gasteiger partial charge in [0, 0.05) is 13.0 Å². The average molecular weight is 348 g/mol. The topological polar surface area (TPSA) is 58.9 Å². The van der Waals surface area contributed by atoms with Gasteiger partial charge in [-0.25, -0.2) is 0 Å². The molecule has 1 saturated heterocycles. The molecule has 4 nitrogen and oxygen atoms in total. The van der Waals surface area contributed by atoms with Crippen molar-refractivity contribution in [1.82, 2.24) is 0 Å². The molecule has 0 saturated carbocycles. The number of allylic oxidation sites excluding steroid dienone is 7. The summed E-state index contributed by atoms with van der Waals surface area (Å²) in [5, 5.41) is 20.7. The standard InChI is InChI=1S/C21H32O4/c1-6-8-10-12-14-17-18(22)19(23)21(25-17)16(4)20(24-5)15(3)13-11-9-7-2/h6,8-14,16-23H,1,7H2,2-5H3/b10-8+,11-9+,14-12+,15-13+. The van der Waals surface area contributed by atoms with Gasteiger partial charge in [-0.3, -0.25) is 0 Å². The van der Waals surface area contributed by atoms with Crippen molar-refractivity contribution in [3.8, 4) is 0 Å². The first kappa shape index (κ1) is 21.6. The van der Waals surface area contributed by atoms with Crippen molar-refractivity contribution in [2.24, 2.45) is 5.92 Å². The van der Waals surface area contributed by atoms with Crippen LogP contribution in [0.15, 0.2) is 60.8 Å². The summed E-state index contributed by atoms with van der Waals surface area (Å²) < 4.78 is 11.5. The summed E-state index contributed by atoms with van der Waals surface area (Å²) in [6.45, 7) is 9.65. The monoisotopic (exact) mass is 348 g/mol. The summed E-state index contributed by atoms with van der Waals surface area (Å²) in [5.74, 6) is -0.108. The molecule has 2 N–H and O–H groups in total. The van der Waals surface area contributed by atoms with Crippen molar-refractivity contribution in [2.75, 3.05) is 7.11 Å². The fourth-order valence-electron chi connectivity index (χ4n) is 3.08. The zero-order chi connectivity index (χ0) is 18.8. The maximum absolute atomic E-state index is 10.4. The highest BCUT2D eigenvalue weighted by Gasteiger charge is 2.45. The van der Waals surface area contributed by atoms with E-state index in [1.165, 1.54) is 0 Å². The highest BCUT2D eigenvalue weighted by molar-refractivity contribution is 5.17. The number of methoxy groups -OCH3 is 1. The second kappa shape index (κ2) is 11.2. The Morgan fingerprint density at radius 2 is 1.92 bits per heavy atom. The molecule has 0 bridgehead atoms. The van der Waals surface area contributed by atoms with Gasteiger partial charge in [-0.05, 0) is 18.9 Å². The van der Waals surface area contributed by atoms with Crippen LogP contribution in [0.25, 0.3) is 0 Å². The minimum absolute atomic E-state index is 0.108. The summed E-state index contributed by atoms with van der Waals surface area (Å²) in [5.41, 5.74) is 1.05. The Labute approximate surface area is 151 Å². The molecule has 0 amide bonds. The smallest absolute Gasteiger partial charge is 0.112 e. The van der Waals surface area contributed by atoms with E-state index in [4.69, 9.17) is 9.47 Å². The van der Waals surface area contributed by atoms with Crippen LogP contribution in [0.1, 0.15) is 27.2 Å². The van der Waals surface area contributed by atoms with Crippen LogP contribution >= 0.6 is 0 Å². The summed E-state index contributed by atoms with van der Waals surface area (Å²) in [6, 6.07) is 0. The zero-order valence-corrected chi connectivity index (χ0v) is 15.7. The van der Waals surface area contributed by atoms with Crippen LogP contribution in [0.4, 0.5) is 0 Å². The summed E-state index contributed by atoms with van der Waals surface area (Å²) >= 11 is 0. The van der Waals surface area contributed by atoms with Gasteiger partial charge in [-0.1, -0.05) is 69.0 Å². The van der Waals surface area contributed by atoms with Gasteiger partial charge in [0.2, 0.25) is 0 Å². The van der Waals surface area contributed by atoms with E-state index >= 15 is 0 Å². The van der Waals surface area contributed by atoms with Crippen molar-refractivity contribution in [3.05, 3.63) is 60.8 Å². The van der Waals surface area contributed by atoms with Crippen LogP contribution in [-0.4, -0.2) is 47.8 Å². The van der Waals surface area contributed by atoms with Gasteiger partial charge in [0.15, 0.2) is 0 Å². The SMILES string of the molecule is C=C/C=C/C=C/C1OC(C(C)C(OC)/C(C)=C/C=C/CC)C(O)C1O. The van der Waals surface area contributed by atoms with E-state index < -0.39 is 24.4 Å². The van der Waals surface area contributed by atoms with Gasteiger partial charge in [0.05, 0.1) is 12.2 Å². The van der Waals surface area contributed by atoms with E-state index in [1.54, 1.807) is 37.5 Å². The van der Waals surface area contributed by atoms with Crippen LogP contribution in [0.3, 0.4) is 0 Å². The molecule has 0 radical (unpaired) electrons. The molecule has 1 aliphatic heterocycles. The highest BCUT2D eigenvalue weighted by atomic mass is 16.5. The molecular weight excluding hydrogens is 316 g/mol. The van der Waals surface area contributed by atoms with E-state index in [2.05, 4.69) is 19.6 Å². The molecular formula is C21H32O4. The third-order valence-corrected chi connectivity index (χ3v) is 4.43. The molecule has 4 heteroatoms. The van der Waals surface area contributed by atoms with Crippen LogP contribution in [0, 0.1) is 5.92 Å². The Hall–Kier alpha value is -1.46. The summed E-state index contributed by atoms with van der Waals surface area (Å²) in [6.07, 6.45) is 12.7. The van der Waals surface area contributed by atoms with Crippen molar-refractivity contribution in [1.29, 1.82) is 0 Å². The molecule has 0 aliphatic carbocycles. The lowest BCUT2D eigenvalue weighted by molar-refractivity contribution is -0.0515. The minimum Gasteiger partial charge on any atom is -0.388 e. The van der Waals surface area contributed by atoms with Crippen molar-refractivity contribution < 1.29 is 19.7 Å². The number of hydrogen-bond donors (Lipinski definition) is 2. The minimum atomic E-state index is -0.956. The molecule has 1 aliphatic rings. The fraction of sp³-hybridized carbons (Fsp3) is 0.524. The van der Waals surface area contributed by atoms with Crippen molar-refractivity contribution in [2.45, 2.75) is 57.7 Å². The van der Waals surface area contributed by atoms with Crippen LogP contribution in [0.2, 0.25) is 0 Å². The molecule has 0 spiro atoms. The lowest BCUT2D eigenvalue weighted by Gasteiger charge is -2.29. The Bertz CT molecular complexity index is 518. The molecule has 140 valence electrons. The van der Waals surface area contributed by atoms with E-state index in [0.717, 1.165) is 12.0 Å². The molecule has 0 aromatic rings. The van der Waals surface area contributed by atoms with Gasteiger partial charge in [0.1, 0.15) is 18.3 Å². The second-order valence-electron chi connectivity index (χ2n) is 6.31. The van der Waals surface area contributed by atoms with E-state index in [1.807, 2.05) is 26.0 Å². The number of hydrogen-bond acceptors (Lipinski definition) is 4. The van der Waals surface area contributed by atoms with Crippen LogP contribution in [0.5, 0.6) is 0 Å². The molecule has 6 atom stereocenters. The number of ether oxygens (including phenoxy) is 2. The van der Waals surface area contributed by atoms with E-state index in [0.29, 0.717) is 0 Å². The highest BCUT2D eigenvalue weighted by Crippen LogP contribution is 2.31. The zero-order valence-electron chi connectivity index (χ0n) is 15.7. The molecule has 6 unspecified atom stereocenters. The third kappa shape index (κ3) is 6.08. The van der Waals surface area contributed by atoms with Crippen LogP contribution < -0.4 is 0 Å². The van der Waals surface area contributed by atoms with Crippen LogP contribution in [-0.2, 0) is 9.47 Å². The maximum atomic E-state index is 10.4. The number of rotatable bonds is 9. The molecule has 0 aromatic heterocycles. The van der Waals surface area contributed by atoms with Gasteiger partial charge < -0.3 is 19.7 Å². The second-order valence-corrected chi connectivity index (χ2v) is 6.31. The first-order chi connectivity index (χ1) is 12.0. The molecule has 1 fully saturated rings. The summed E-state index contributed by atoms with van der Waals surface area (Å²) in [4.78, 5) is 0. The first-order valence-electron chi connectivity index (χ1n) is 8.81.